The smallest absolute Gasteiger partial charge is 0.306 e. The molecule has 0 radical (unpaired) electrons. The first-order valence-electron chi connectivity index (χ1n) is 22.4. The number of hydrogen-bond acceptors (Lipinski definition) is 11. The summed E-state index contributed by atoms with van der Waals surface area (Å²) in [6, 6.07) is 0. The van der Waals surface area contributed by atoms with Crippen LogP contribution in [0.4, 0.5) is 0 Å². The van der Waals surface area contributed by atoms with Crippen molar-refractivity contribution in [1.29, 1.82) is 0 Å². The first-order valence-corrected chi connectivity index (χ1v) is 23.9. The fourth-order valence-corrected chi connectivity index (χ4v) is 7.28. The standard InChI is InChI=1S/C46H80NO11P/c1-6-8-10-11-12-13-14-15-16-17-18-19-20-21-27-31-46(52)58-40(38-57-59(53,54)56-35-34-47(3,4)5)37-55-45(51)30-26-23-22-25-29-41-42(44(50)36-43(41)49)33-32-39(48)28-24-9-7-2/h12-13,15-16,22,25,32-33,39-42,44,48,50H,6-11,14,17-21,23-24,26-31,34-38H2,1-5H3/b13-12-,16-15-,25-22-,33-32+/t39-,40+,41+,42+,44+/m0/s1. The number of carbonyl (C=O) groups excluding carboxylic acids is 3. The van der Waals surface area contributed by atoms with Crippen LogP contribution in [0.5, 0.6) is 0 Å². The van der Waals surface area contributed by atoms with Gasteiger partial charge in [-0.05, 0) is 64.2 Å². The van der Waals surface area contributed by atoms with Crippen molar-refractivity contribution >= 4 is 25.5 Å². The van der Waals surface area contributed by atoms with Crippen molar-refractivity contribution in [2.75, 3.05) is 47.5 Å². The lowest BCUT2D eigenvalue weighted by Crippen LogP contribution is -2.37. The van der Waals surface area contributed by atoms with Crippen molar-refractivity contribution in [3.63, 3.8) is 0 Å². The van der Waals surface area contributed by atoms with Crippen molar-refractivity contribution < 1.29 is 57.1 Å². The summed E-state index contributed by atoms with van der Waals surface area (Å²) < 4.78 is 33.8. The predicted octanol–water partition coefficient (Wildman–Crippen LogP) is 8.64. The second-order valence-electron chi connectivity index (χ2n) is 16.8. The number of allylic oxidation sites excluding steroid dienone is 6. The number of hydrogen-bond donors (Lipinski definition) is 2. The molecule has 1 unspecified atom stereocenters. The molecule has 340 valence electrons. The van der Waals surface area contributed by atoms with Crippen molar-refractivity contribution in [3.05, 3.63) is 48.6 Å². The predicted molar refractivity (Wildman–Crippen MR) is 232 cm³/mol. The quantitative estimate of drug-likeness (QED) is 0.0203. The number of rotatable bonds is 36. The average molecular weight is 854 g/mol. The van der Waals surface area contributed by atoms with E-state index in [1.807, 2.05) is 33.3 Å². The maximum Gasteiger partial charge on any atom is 0.306 e. The van der Waals surface area contributed by atoms with Gasteiger partial charge in [-0.15, -0.1) is 0 Å². The molecule has 1 saturated carbocycles. The Morgan fingerprint density at radius 1 is 0.814 bits per heavy atom. The number of carbonyl (C=O) groups is 3. The molecule has 0 aromatic heterocycles. The van der Waals surface area contributed by atoms with E-state index in [2.05, 4.69) is 38.2 Å². The third-order valence-corrected chi connectivity index (χ3v) is 11.2. The Hall–Kier alpha value is -2.44. The Labute approximate surface area is 356 Å². The van der Waals surface area contributed by atoms with Crippen LogP contribution < -0.4 is 4.89 Å². The van der Waals surface area contributed by atoms with Gasteiger partial charge in [-0.2, -0.15) is 0 Å². The largest absolute Gasteiger partial charge is 0.756 e. The van der Waals surface area contributed by atoms with E-state index in [1.54, 1.807) is 12.2 Å². The Bertz CT molecular complexity index is 1310. The summed E-state index contributed by atoms with van der Waals surface area (Å²) in [5.41, 5.74) is 0. The number of ketones is 1. The molecule has 0 heterocycles. The second-order valence-corrected chi connectivity index (χ2v) is 18.2. The fraction of sp³-hybridized carbons (Fsp3) is 0.761. The first kappa shape index (κ1) is 54.6. The molecule has 0 spiro atoms. The van der Waals surface area contributed by atoms with Crippen LogP contribution in [0.1, 0.15) is 149 Å². The molecule has 0 aliphatic heterocycles. The van der Waals surface area contributed by atoms with Crippen LogP contribution >= 0.6 is 7.82 Å². The van der Waals surface area contributed by atoms with Crippen molar-refractivity contribution in [2.24, 2.45) is 11.8 Å². The summed E-state index contributed by atoms with van der Waals surface area (Å²) in [4.78, 5) is 50.3. The van der Waals surface area contributed by atoms with Crippen molar-refractivity contribution in [2.45, 2.75) is 167 Å². The molecule has 0 aromatic rings. The molecule has 1 fully saturated rings. The van der Waals surface area contributed by atoms with Crippen LogP contribution in [0, 0.1) is 11.8 Å². The summed E-state index contributed by atoms with van der Waals surface area (Å²) in [5.74, 6) is -1.77. The van der Waals surface area contributed by atoms with Crippen LogP contribution in [0.2, 0.25) is 0 Å². The number of unbranched alkanes of at least 4 members (excludes halogenated alkanes) is 11. The molecule has 1 aliphatic rings. The number of phosphoric ester groups is 1. The highest BCUT2D eigenvalue weighted by molar-refractivity contribution is 7.45. The number of aliphatic hydroxyl groups excluding tert-OH is 2. The monoisotopic (exact) mass is 854 g/mol. The van der Waals surface area contributed by atoms with Gasteiger partial charge in [0.1, 0.15) is 25.5 Å². The molecule has 59 heavy (non-hydrogen) atoms. The maximum atomic E-state index is 12.7. The zero-order chi connectivity index (χ0) is 43.8. The number of likely N-dealkylation sites (N-methyl/N-ethyl adjacent to an activating group) is 1. The van der Waals surface area contributed by atoms with Crippen LogP contribution in [0.15, 0.2) is 48.6 Å². The molecule has 1 aliphatic carbocycles. The zero-order valence-electron chi connectivity index (χ0n) is 37.1. The molecule has 0 saturated heterocycles. The van der Waals surface area contributed by atoms with Gasteiger partial charge in [0, 0.05) is 31.1 Å². The lowest BCUT2D eigenvalue weighted by atomic mass is 9.90. The van der Waals surface area contributed by atoms with Gasteiger partial charge < -0.3 is 38.1 Å². The summed E-state index contributed by atoms with van der Waals surface area (Å²) in [6.45, 7) is 3.76. The fourth-order valence-electron chi connectivity index (χ4n) is 6.55. The molecular formula is C46H80NO11P. The third-order valence-electron chi connectivity index (χ3n) is 10.2. The number of phosphoric acid groups is 1. The first-order chi connectivity index (χ1) is 28.2. The molecule has 0 amide bonds. The maximum absolute atomic E-state index is 12.7. The molecule has 0 aromatic carbocycles. The Balaban J connectivity index is 2.52. The SMILES string of the molecule is CCCCC/C=C\C/C=C\CCCCCCCC(=O)O[C@H](COC(=O)CCC/C=C\C[C@H]1C(=O)C[C@@H](O)[C@@H]1/C=C/[C@@H](O)CCCCC)COP(=O)([O-])OCC[N+](C)(C)C. The lowest BCUT2D eigenvalue weighted by Gasteiger charge is -2.28. The minimum Gasteiger partial charge on any atom is -0.756 e. The van der Waals surface area contributed by atoms with Crippen molar-refractivity contribution in [1.82, 2.24) is 0 Å². The summed E-state index contributed by atoms with van der Waals surface area (Å²) in [7, 11) is 1.00. The minimum absolute atomic E-state index is 0.00449. The highest BCUT2D eigenvalue weighted by atomic mass is 31.2. The number of ether oxygens (including phenoxy) is 2. The highest BCUT2D eigenvalue weighted by Crippen LogP contribution is 2.38. The molecule has 0 bridgehead atoms. The van der Waals surface area contributed by atoms with E-state index in [4.69, 9.17) is 18.5 Å². The van der Waals surface area contributed by atoms with E-state index < -0.39 is 44.7 Å². The number of nitrogens with zero attached hydrogens (tertiary/aromatic N) is 1. The van der Waals surface area contributed by atoms with Crippen molar-refractivity contribution in [3.8, 4) is 0 Å². The highest BCUT2D eigenvalue weighted by Gasteiger charge is 2.39. The number of aliphatic hydroxyl groups is 2. The topological polar surface area (TPSA) is 169 Å². The molecule has 13 heteroatoms. The van der Waals surface area contributed by atoms with Crippen LogP contribution in [0.25, 0.3) is 0 Å². The van der Waals surface area contributed by atoms with E-state index in [9.17, 15) is 34.1 Å². The van der Waals surface area contributed by atoms with Gasteiger partial charge in [-0.3, -0.25) is 18.9 Å². The number of quaternary nitrogens is 1. The van der Waals surface area contributed by atoms with Gasteiger partial charge in [0.15, 0.2) is 6.10 Å². The van der Waals surface area contributed by atoms with Crippen LogP contribution in [-0.2, 0) is 37.5 Å². The van der Waals surface area contributed by atoms with Gasteiger partial charge in [-0.1, -0.05) is 114 Å². The normalized spacial score (nSPS) is 19.7. The van der Waals surface area contributed by atoms with Crippen LogP contribution in [0.3, 0.4) is 0 Å². The zero-order valence-corrected chi connectivity index (χ0v) is 38.0. The number of Topliss-reactive ketones (excluding diaryl/α,β-unsaturated/α-hetero) is 1. The third kappa shape index (κ3) is 30.3. The van der Waals surface area contributed by atoms with Gasteiger partial charge in [0.25, 0.3) is 7.82 Å². The number of esters is 2. The van der Waals surface area contributed by atoms with E-state index in [0.717, 1.165) is 64.2 Å². The van der Waals surface area contributed by atoms with E-state index in [1.165, 1.54) is 19.3 Å². The lowest BCUT2D eigenvalue weighted by molar-refractivity contribution is -0.870. The van der Waals surface area contributed by atoms with Gasteiger partial charge in [0.2, 0.25) is 0 Å². The molecule has 6 atom stereocenters. The van der Waals surface area contributed by atoms with E-state index in [-0.39, 0.29) is 50.1 Å². The Kier molecular flexibility index (Phi) is 30.7. The average Bonchev–Trinajstić information content (AvgIpc) is 3.44. The molecule has 1 rings (SSSR count). The van der Waals surface area contributed by atoms with Gasteiger partial charge in [-0.25, -0.2) is 0 Å². The van der Waals surface area contributed by atoms with Crippen LogP contribution in [-0.4, -0.2) is 98.2 Å². The second kappa shape index (κ2) is 33.2. The van der Waals surface area contributed by atoms with Gasteiger partial charge >= 0.3 is 11.9 Å². The molecular weight excluding hydrogens is 773 g/mol. The minimum atomic E-state index is -4.70. The van der Waals surface area contributed by atoms with E-state index >= 15 is 0 Å². The Morgan fingerprint density at radius 2 is 1.42 bits per heavy atom. The summed E-state index contributed by atoms with van der Waals surface area (Å²) in [6.07, 6.45) is 30.7. The molecule has 2 N–H and O–H groups in total. The van der Waals surface area contributed by atoms with E-state index in [0.29, 0.717) is 43.1 Å². The summed E-state index contributed by atoms with van der Waals surface area (Å²) >= 11 is 0. The Morgan fingerprint density at radius 3 is 2.12 bits per heavy atom. The molecule has 12 nitrogen and oxygen atoms in total. The summed E-state index contributed by atoms with van der Waals surface area (Å²) in [5, 5.41) is 20.7. The van der Waals surface area contributed by atoms with Gasteiger partial charge in [0.05, 0.1) is 40.0 Å².